The fourth-order valence-corrected chi connectivity index (χ4v) is 3.29. The van der Waals surface area contributed by atoms with Crippen LogP contribution < -0.4 is 10.6 Å². The number of amides is 2. The Balaban J connectivity index is 1.97. The standard InChI is InChI=1S/C19H18N4O4S/c20-10-11-21-19(25)17(22-18(24)15-4-2-1-3-5-15)13-28-12-14-6-8-16(9-7-14)23(26)27/h1-9,17H,11-13H2,(H,21,25)(H,22,24)/t17-/m0/s1. The van der Waals surface area contributed by atoms with Crippen LogP contribution in [0.25, 0.3) is 0 Å². The second kappa shape index (κ2) is 10.7. The summed E-state index contributed by atoms with van der Waals surface area (Å²) in [6, 6.07) is 15.7. The third-order valence-electron chi connectivity index (χ3n) is 3.70. The van der Waals surface area contributed by atoms with Crippen LogP contribution >= 0.6 is 11.8 Å². The summed E-state index contributed by atoms with van der Waals surface area (Å²) in [7, 11) is 0. The van der Waals surface area contributed by atoms with E-state index in [1.165, 1.54) is 23.9 Å². The molecule has 2 amide bonds. The minimum Gasteiger partial charge on any atom is -0.341 e. The van der Waals surface area contributed by atoms with E-state index in [1.54, 1.807) is 42.5 Å². The molecule has 9 heteroatoms. The topological polar surface area (TPSA) is 125 Å². The molecule has 2 rings (SSSR count). The Morgan fingerprint density at radius 2 is 1.82 bits per heavy atom. The van der Waals surface area contributed by atoms with Crippen molar-refractivity contribution in [3.05, 3.63) is 75.8 Å². The lowest BCUT2D eigenvalue weighted by molar-refractivity contribution is -0.384. The maximum atomic E-state index is 12.3. The number of nitro groups is 1. The minimum absolute atomic E-state index is 0.0117. The van der Waals surface area contributed by atoms with E-state index < -0.39 is 16.9 Å². The van der Waals surface area contributed by atoms with Gasteiger partial charge in [-0.1, -0.05) is 30.3 Å². The van der Waals surface area contributed by atoms with Crippen LogP contribution in [0.4, 0.5) is 5.69 Å². The molecule has 0 saturated carbocycles. The number of benzene rings is 2. The highest BCUT2D eigenvalue weighted by Gasteiger charge is 2.21. The van der Waals surface area contributed by atoms with Crippen molar-refractivity contribution in [1.82, 2.24) is 10.6 Å². The molecule has 0 heterocycles. The van der Waals surface area contributed by atoms with Crippen LogP contribution in [-0.4, -0.2) is 35.1 Å². The molecule has 0 radical (unpaired) electrons. The summed E-state index contributed by atoms with van der Waals surface area (Å²) >= 11 is 1.40. The van der Waals surface area contributed by atoms with Gasteiger partial charge >= 0.3 is 0 Å². The number of carbonyl (C=O) groups is 2. The van der Waals surface area contributed by atoms with Gasteiger partial charge in [-0.15, -0.1) is 0 Å². The molecular formula is C19H18N4O4S. The van der Waals surface area contributed by atoms with E-state index in [0.29, 0.717) is 11.3 Å². The Bertz CT molecular complexity index is 866. The Morgan fingerprint density at radius 3 is 2.43 bits per heavy atom. The number of rotatable bonds is 9. The first kappa shape index (κ1) is 20.9. The quantitative estimate of drug-likeness (QED) is 0.379. The first-order valence-electron chi connectivity index (χ1n) is 8.33. The molecule has 144 valence electrons. The molecule has 0 aliphatic heterocycles. The average Bonchev–Trinajstić information content (AvgIpc) is 2.72. The summed E-state index contributed by atoms with van der Waals surface area (Å²) < 4.78 is 0. The van der Waals surface area contributed by atoms with Crippen molar-refractivity contribution in [2.24, 2.45) is 0 Å². The molecule has 0 aliphatic rings. The number of nitrogens with one attached hydrogen (secondary N) is 2. The van der Waals surface area contributed by atoms with E-state index in [4.69, 9.17) is 5.26 Å². The first-order chi connectivity index (χ1) is 13.5. The van der Waals surface area contributed by atoms with Crippen LogP contribution in [-0.2, 0) is 10.5 Å². The van der Waals surface area contributed by atoms with Crippen LogP contribution in [0.2, 0.25) is 0 Å². The van der Waals surface area contributed by atoms with Gasteiger partial charge in [-0.25, -0.2) is 0 Å². The van der Waals surface area contributed by atoms with Gasteiger partial charge < -0.3 is 10.6 Å². The van der Waals surface area contributed by atoms with Gasteiger partial charge in [0.25, 0.3) is 11.6 Å². The van der Waals surface area contributed by atoms with Crippen molar-refractivity contribution in [3.63, 3.8) is 0 Å². The number of hydrogen-bond acceptors (Lipinski definition) is 6. The highest BCUT2D eigenvalue weighted by molar-refractivity contribution is 7.98. The fraction of sp³-hybridized carbons (Fsp3) is 0.211. The average molecular weight is 398 g/mol. The summed E-state index contributed by atoms with van der Waals surface area (Å²) in [6.07, 6.45) is 0. The van der Waals surface area contributed by atoms with Crippen molar-refractivity contribution in [2.45, 2.75) is 11.8 Å². The van der Waals surface area contributed by atoms with E-state index in [-0.39, 0.29) is 23.9 Å². The van der Waals surface area contributed by atoms with Crippen molar-refractivity contribution >= 4 is 29.3 Å². The van der Waals surface area contributed by atoms with Gasteiger partial charge in [-0.3, -0.25) is 19.7 Å². The smallest absolute Gasteiger partial charge is 0.269 e. The Hall–Kier alpha value is -3.38. The highest BCUT2D eigenvalue weighted by Crippen LogP contribution is 2.17. The number of nitriles is 1. The predicted octanol–water partition coefficient (Wildman–Crippen LogP) is 2.27. The molecule has 0 spiro atoms. The normalized spacial score (nSPS) is 11.1. The molecule has 0 fully saturated rings. The van der Waals surface area contributed by atoms with Crippen molar-refractivity contribution in [1.29, 1.82) is 5.26 Å². The van der Waals surface area contributed by atoms with Crippen molar-refractivity contribution in [3.8, 4) is 6.07 Å². The number of nitrogens with zero attached hydrogens (tertiary/aromatic N) is 2. The zero-order valence-electron chi connectivity index (χ0n) is 14.8. The number of non-ortho nitro benzene ring substituents is 1. The maximum absolute atomic E-state index is 12.3. The molecule has 0 bridgehead atoms. The van der Waals surface area contributed by atoms with Gasteiger partial charge in [-0.2, -0.15) is 17.0 Å². The number of hydrogen-bond donors (Lipinski definition) is 2. The molecule has 28 heavy (non-hydrogen) atoms. The van der Waals surface area contributed by atoms with Crippen molar-refractivity contribution < 1.29 is 14.5 Å². The predicted molar refractivity (Wildman–Crippen MR) is 106 cm³/mol. The second-order valence-electron chi connectivity index (χ2n) is 5.71. The van der Waals surface area contributed by atoms with Crippen molar-refractivity contribution in [2.75, 3.05) is 12.3 Å². The number of thioether (sulfide) groups is 1. The summed E-state index contributed by atoms with van der Waals surface area (Å²) in [6.45, 7) is -0.149. The van der Waals surface area contributed by atoms with Gasteiger partial charge in [-0.05, 0) is 17.7 Å². The lowest BCUT2D eigenvalue weighted by Gasteiger charge is -2.17. The molecule has 0 saturated heterocycles. The van der Waals surface area contributed by atoms with E-state index in [1.807, 2.05) is 6.07 Å². The Kier molecular flexibility index (Phi) is 7.99. The van der Waals surface area contributed by atoms with Crippen LogP contribution in [0.15, 0.2) is 54.6 Å². The van der Waals surface area contributed by atoms with Gasteiger partial charge in [0.1, 0.15) is 12.6 Å². The zero-order chi connectivity index (χ0) is 20.4. The molecule has 2 aromatic carbocycles. The zero-order valence-corrected chi connectivity index (χ0v) is 15.6. The molecule has 0 unspecified atom stereocenters. The molecule has 1 atom stereocenters. The summed E-state index contributed by atoms with van der Waals surface area (Å²) in [4.78, 5) is 34.8. The monoisotopic (exact) mass is 398 g/mol. The third kappa shape index (κ3) is 6.41. The van der Waals surface area contributed by atoms with Crippen LogP contribution in [0.3, 0.4) is 0 Å². The SMILES string of the molecule is N#CCNC(=O)[C@H](CSCc1ccc([N+](=O)[O-])cc1)NC(=O)c1ccccc1. The number of carbonyl (C=O) groups excluding carboxylic acids is 2. The maximum Gasteiger partial charge on any atom is 0.269 e. The van der Waals surface area contributed by atoms with E-state index in [0.717, 1.165) is 5.56 Å². The van der Waals surface area contributed by atoms with E-state index in [9.17, 15) is 19.7 Å². The summed E-state index contributed by atoms with van der Waals surface area (Å²) in [5, 5.41) is 24.5. The van der Waals surface area contributed by atoms with Crippen LogP contribution in [0, 0.1) is 21.4 Å². The minimum atomic E-state index is -0.816. The van der Waals surface area contributed by atoms with Gasteiger partial charge in [0.2, 0.25) is 5.91 Å². The Labute approximate surface area is 166 Å². The first-order valence-corrected chi connectivity index (χ1v) is 9.48. The molecular weight excluding hydrogens is 380 g/mol. The summed E-state index contributed by atoms with van der Waals surface area (Å²) in [5.74, 6) is -0.0238. The van der Waals surface area contributed by atoms with Crippen LogP contribution in [0.1, 0.15) is 15.9 Å². The largest absolute Gasteiger partial charge is 0.341 e. The second-order valence-corrected chi connectivity index (χ2v) is 6.74. The molecule has 0 aliphatic carbocycles. The highest BCUT2D eigenvalue weighted by atomic mass is 32.2. The van der Waals surface area contributed by atoms with Gasteiger partial charge in [0, 0.05) is 29.2 Å². The lowest BCUT2D eigenvalue weighted by atomic mass is 10.2. The molecule has 2 aromatic rings. The lowest BCUT2D eigenvalue weighted by Crippen LogP contribution is -2.48. The molecule has 2 N–H and O–H groups in total. The van der Waals surface area contributed by atoms with Gasteiger partial charge in [0.15, 0.2) is 0 Å². The summed E-state index contributed by atoms with van der Waals surface area (Å²) in [5.41, 5.74) is 1.31. The Morgan fingerprint density at radius 1 is 1.14 bits per heavy atom. The third-order valence-corrected chi connectivity index (χ3v) is 4.81. The van der Waals surface area contributed by atoms with Gasteiger partial charge in [0.05, 0.1) is 11.0 Å². The van der Waals surface area contributed by atoms with E-state index in [2.05, 4.69) is 10.6 Å². The number of nitro benzene ring substituents is 1. The molecule has 0 aromatic heterocycles. The fourth-order valence-electron chi connectivity index (χ4n) is 2.27. The van der Waals surface area contributed by atoms with Crippen LogP contribution in [0.5, 0.6) is 0 Å². The molecule has 8 nitrogen and oxygen atoms in total. The van der Waals surface area contributed by atoms with E-state index >= 15 is 0 Å².